The number of benzene rings is 6. The van der Waals surface area contributed by atoms with Gasteiger partial charge in [0.1, 0.15) is 0 Å². The molecule has 6 aromatic rings. The maximum atomic E-state index is 13.5. The highest BCUT2D eigenvalue weighted by atomic mass is 19.4. The molecule has 3 atom stereocenters. The fourth-order valence-corrected chi connectivity index (χ4v) is 15.2. The third kappa shape index (κ3) is 16.6. The number of amides is 4. The van der Waals surface area contributed by atoms with Crippen molar-refractivity contribution in [2.75, 3.05) is 13.1 Å². The van der Waals surface area contributed by atoms with E-state index in [-0.39, 0.29) is 87.4 Å². The van der Waals surface area contributed by atoms with Gasteiger partial charge in [-0.15, -0.1) is 0 Å². The topological polar surface area (TPSA) is 201 Å². The van der Waals surface area contributed by atoms with Crippen LogP contribution in [0.1, 0.15) is 208 Å². The van der Waals surface area contributed by atoms with E-state index in [1.165, 1.54) is 90.8 Å². The van der Waals surface area contributed by atoms with Crippen molar-refractivity contribution in [3.05, 3.63) is 214 Å². The Morgan fingerprint density at radius 3 is 0.931 bits per heavy atom. The van der Waals surface area contributed by atoms with Crippen LogP contribution >= 0.6 is 0 Å². The van der Waals surface area contributed by atoms with E-state index in [0.29, 0.717) is 69.3 Å². The first-order chi connectivity index (χ1) is 48.1. The SMILES string of the molecule is CC(=O)NCC1(c2ccccc2)CCC(N(C(=O)c2ccc([C@](C)(O)C(F)(F)F)cc2)C2CC2)CC1.C[C@](O)(c1ccc(C(=O)N(C2CC2)C2CCC(C#N)(c3ccccc3)CC2)cc1)C(F)(F)F.C[C@](O)(c1ccc(C(=O)N(C2CC2)C2CCC(CN)(c3ccccc3)CC2)cc1)C(F)(F)F. The zero-order valence-corrected chi connectivity index (χ0v) is 57.9. The number of rotatable bonds is 18. The molecule has 0 aromatic heterocycles. The molecule has 0 bridgehead atoms. The summed E-state index contributed by atoms with van der Waals surface area (Å²) in [6.07, 6.45) is 0.467. The predicted octanol–water partition coefficient (Wildman–Crippen LogP) is 15.4. The molecule has 6 aromatic carbocycles. The lowest BCUT2D eigenvalue weighted by Crippen LogP contribution is -2.49. The molecule has 0 aliphatic heterocycles. The number of nitrogens with two attached hydrogens (primary N) is 1. The summed E-state index contributed by atoms with van der Waals surface area (Å²) in [6.45, 7) is 4.74. The van der Waals surface area contributed by atoms with Gasteiger partial charge in [-0.05, 0) is 206 Å². The number of nitrogens with zero attached hydrogens (tertiary/aromatic N) is 4. The number of aliphatic hydroxyl groups is 3. The Bertz CT molecular complexity index is 3870. The van der Waals surface area contributed by atoms with E-state index in [9.17, 15) is 79.3 Å². The van der Waals surface area contributed by atoms with Crippen molar-refractivity contribution in [3.63, 3.8) is 0 Å². The standard InChI is InChI=1S/C28H33F3N2O3.C26H31F3N2O2.C26H27F3N2O2/c1-19(34)32-18-27(22-6-4-3-5-7-22)16-14-24(15-17-27)33(23-12-13-23)25(35)20-8-10-21(11-9-20)26(2,36)28(29,30)31;2*1-24(33,26(27,28)29)19-9-7-18(8-10-19)23(32)31(21-11-12-21)22-13-15-25(17-30,16-14-22)20-5-3-2-4-6-20/h3-11,23-24,36H,12-18H2,1-2H3,(H,32,34);2-10,21-22,33H,11-17,30H2,1H3;2-10,21-22,33H,11-16H2,1H3/t24?,26-,27?;2*22?,24-,25?/m000/s1. The molecular formula is C80H91F9N6O7. The van der Waals surface area contributed by atoms with Gasteiger partial charge in [-0.1, -0.05) is 127 Å². The minimum Gasteiger partial charge on any atom is -0.376 e. The summed E-state index contributed by atoms with van der Waals surface area (Å²) in [5, 5.41) is 42.7. The molecule has 0 unspecified atom stereocenters. The molecule has 6 N–H and O–H groups in total. The number of alkyl halides is 9. The number of nitriles is 1. The van der Waals surface area contributed by atoms with E-state index in [0.717, 1.165) is 102 Å². The van der Waals surface area contributed by atoms with Gasteiger partial charge < -0.3 is 41.1 Å². The highest BCUT2D eigenvalue weighted by Crippen LogP contribution is 2.48. The molecule has 4 amide bonds. The van der Waals surface area contributed by atoms with Crippen molar-refractivity contribution in [1.29, 1.82) is 5.26 Å². The van der Waals surface area contributed by atoms with Crippen LogP contribution in [0.3, 0.4) is 0 Å². The highest BCUT2D eigenvalue weighted by molar-refractivity contribution is 5.96. The molecule has 6 aliphatic rings. The van der Waals surface area contributed by atoms with Gasteiger partial charge in [0.15, 0.2) is 16.8 Å². The lowest BCUT2D eigenvalue weighted by Gasteiger charge is -2.44. The minimum atomic E-state index is -4.82. The number of carbonyl (C=O) groups excluding carboxylic acids is 4. The third-order valence-electron chi connectivity index (χ3n) is 22.5. The first kappa shape index (κ1) is 76.5. The van der Waals surface area contributed by atoms with Crippen molar-refractivity contribution in [2.45, 2.75) is 231 Å². The Hall–Kier alpha value is -8.10. The van der Waals surface area contributed by atoms with Gasteiger partial charge in [-0.25, -0.2) is 0 Å². The van der Waals surface area contributed by atoms with E-state index in [2.05, 4.69) is 35.7 Å². The summed E-state index contributed by atoms with van der Waals surface area (Å²) in [5.41, 5.74) is -0.0349. The van der Waals surface area contributed by atoms with Gasteiger partial charge in [0.25, 0.3) is 17.7 Å². The average molecular weight is 1420 g/mol. The van der Waals surface area contributed by atoms with Crippen LogP contribution < -0.4 is 11.1 Å². The van der Waals surface area contributed by atoms with Crippen molar-refractivity contribution in [1.82, 2.24) is 20.0 Å². The van der Waals surface area contributed by atoms with E-state index in [1.54, 1.807) is 0 Å². The van der Waals surface area contributed by atoms with Crippen LogP contribution in [0.25, 0.3) is 0 Å². The quantitative estimate of drug-likeness (QED) is 0.0519. The van der Waals surface area contributed by atoms with E-state index < -0.39 is 40.7 Å². The molecule has 12 rings (SSSR count). The predicted molar refractivity (Wildman–Crippen MR) is 368 cm³/mol. The first-order valence-corrected chi connectivity index (χ1v) is 35.3. The van der Waals surface area contributed by atoms with Gasteiger partial charge >= 0.3 is 18.5 Å². The molecule has 0 saturated heterocycles. The monoisotopic (exact) mass is 1420 g/mol. The molecule has 22 heteroatoms. The molecule has 6 saturated carbocycles. The first-order valence-electron chi connectivity index (χ1n) is 35.3. The molecule has 0 heterocycles. The number of nitrogens with one attached hydrogen (secondary N) is 1. The maximum absolute atomic E-state index is 13.5. The average Bonchev–Trinajstić information content (AvgIpc) is 1.48. The summed E-state index contributed by atoms with van der Waals surface area (Å²) < 4.78 is 118. The lowest BCUT2D eigenvalue weighted by atomic mass is 9.67. The molecule has 6 fully saturated rings. The summed E-state index contributed by atoms with van der Waals surface area (Å²) >= 11 is 0. The van der Waals surface area contributed by atoms with Crippen molar-refractivity contribution < 1.29 is 74.0 Å². The fourth-order valence-electron chi connectivity index (χ4n) is 15.2. The van der Waals surface area contributed by atoms with Gasteiger partial charge in [0.2, 0.25) is 5.91 Å². The molecule has 546 valence electrons. The van der Waals surface area contributed by atoms with Crippen LogP contribution in [0, 0.1) is 11.3 Å². The van der Waals surface area contributed by atoms with Crippen LogP contribution in [-0.2, 0) is 37.8 Å². The van der Waals surface area contributed by atoms with Crippen LogP contribution in [0.2, 0.25) is 0 Å². The minimum absolute atomic E-state index is 0.00635. The lowest BCUT2D eigenvalue weighted by molar-refractivity contribution is -0.259. The zero-order chi connectivity index (χ0) is 73.8. The fraction of sp³-hybridized carbons (Fsp3) is 0.487. The molecule has 0 spiro atoms. The maximum Gasteiger partial charge on any atom is 0.421 e. The second kappa shape index (κ2) is 30.3. The number of carbonyl (C=O) groups is 4. The Morgan fingerprint density at radius 2 is 0.676 bits per heavy atom. The summed E-state index contributed by atoms with van der Waals surface area (Å²) in [6, 6.07) is 48.6. The molecule has 13 nitrogen and oxygen atoms in total. The van der Waals surface area contributed by atoms with E-state index in [1.807, 2.05) is 81.4 Å². The van der Waals surface area contributed by atoms with E-state index >= 15 is 0 Å². The van der Waals surface area contributed by atoms with Gasteiger partial charge in [0, 0.05) is 83.8 Å². The van der Waals surface area contributed by atoms with Crippen molar-refractivity contribution in [2.24, 2.45) is 5.73 Å². The normalized spacial score (nSPS) is 24.8. The summed E-state index contributed by atoms with van der Waals surface area (Å²) in [5.74, 6) is -0.615. The number of halogens is 9. The Morgan fingerprint density at radius 1 is 0.422 bits per heavy atom. The second-order valence-electron chi connectivity index (χ2n) is 29.4. The zero-order valence-electron chi connectivity index (χ0n) is 57.9. The van der Waals surface area contributed by atoms with E-state index in [4.69, 9.17) is 5.73 Å². The smallest absolute Gasteiger partial charge is 0.376 e. The Balaban J connectivity index is 0.000000165. The van der Waals surface area contributed by atoms with Crippen LogP contribution in [0.5, 0.6) is 0 Å². The molecule has 6 aliphatic carbocycles. The molecular weight excluding hydrogens is 1330 g/mol. The van der Waals surface area contributed by atoms with Crippen LogP contribution in [0.4, 0.5) is 39.5 Å². The van der Waals surface area contributed by atoms with Crippen LogP contribution in [0.15, 0.2) is 164 Å². The largest absolute Gasteiger partial charge is 0.421 e. The van der Waals surface area contributed by atoms with Crippen LogP contribution in [-0.4, -0.2) is 122 Å². The molecule has 102 heavy (non-hydrogen) atoms. The molecule has 0 radical (unpaired) electrons. The number of hydrogen-bond acceptors (Lipinski definition) is 9. The second-order valence-corrected chi connectivity index (χ2v) is 29.4. The van der Waals surface area contributed by atoms with Gasteiger partial charge in [0.05, 0.1) is 11.5 Å². The highest BCUT2D eigenvalue weighted by Gasteiger charge is 2.54. The Kier molecular flexibility index (Phi) is 22.7. The van der Waals surface area contributed by atoms with Crippen molar-refractivity contribution in [3.8, 4) is 6.07 Å². The Labute approximate surface area is 590 Å². The third-order valence-corrected chi connectivity index (χ3v) is 22.5. The van der Waals surface area contributed by atoms with Crippen molar-refractivity contribution >= 4 is 23.6 Å². The number of hydrogen-bond donors (Lipinski definition) is 5. The van der Waals surface area contributed by atoms with Gasteiger partial charge in [-0.3, -0.25) is 19.2 Å². The summed E-state index contributed by atoms with van der Waals surface area (Å²) in [7, 11) is 0. The van der Waals surface area contributed by atoms with Gasteiger partial charge in [-0.2, -0.15) is 44.8 Å². The summed E-state index contributed by atoms with van der Waals surface area (Å²) in [4.78, 5) is 57.7.